The summed E-state index contributed by atoms with van der Waals surface area (Å²) in [5, 5.41) is 20.3. The lowest BCUT2D eigenvalue weighted by atomic mass is 10.1. The Morgan fingerprint density at radius 3 is 2.70 bits per heavy atom. The van der Waals surface area contributed by atoms with Gasteiger partial charge in [-0.3, -0.25) is 9.69 Å². The van der Waals surface area contributed by atoms with Gasteiger partial charge in [-0.15, -0.1) is 0 Å². The normalized spacial score (nSPS) is 11.2. The van der Waals surface area contributed by atoms with Crippen LogP contribution in [0.4, 0.5) is 10.5 Å². The first-order chi connectivity index (χ1) is 9.45. The number of carbonyl (C=O) groups is 2. The Balaban J connectivity index is 2.68. The molecule has 0 heterocycles. The molecule has 2 amide bonds. The molecule has 0 aliphatic carbocycles. The number of nitrogens with zero attached hydrogens (tertiary/aromatic N) is 2. The number of anilines is 1. The number of hydrogen-bond acceptors (Lipinski definition) is 3. The summed E-state index contributed by atoms with van der Waals surface area (Å²) in [6.07, 6.45) is 0.356. The number of nitriles is 1. The zero-order valence-electron chi connectivity index (χ0n) is 11.5. The van der Waals surface area contributed by atoms with E-state index in [1.165, 1.54) is 4.90 Å². The largest absolute Gasteiger partial charge is 0.481 e. The van der Waals surface area contributed by atoms with Crippen molar-refractivity contribution in [3.63, 3.8) is 0 Å². The minimum absolute atomic E-state index is 0.0000561. The van der Waals surface area contributed by atoms with E-state index in [9.17, 15) is 9.59 Å². The molecular weight excluding hydrogens is 258 g/mol. The molecule has 0 saturated heterocycles. The number of carboxylic acids is 1. The monoisotopic (exact) mass is 275 g/mol. The molecule has 1 unspecified atom stereocenters. The van der Waals surface area contributed by atoms with Gasteiger partial charge in [0, 0.05) is 19.5 Å². The summed E-state index contributed by atoms with van der Waals surface area (Å²) in [7, 11) is 1.56. The quantitative estimate of drug-likeness (QED) is 0.858. The van der Waals surface area contributed by atoms with Gasteiger partial charge in [-0.25, -0.2) is 4.79 Å². The van der Waals surface area contributed by atoms with Crippen molar-refractivity contribution >= 4 is 17.7 Å². The summed E-state index contributed by atoms with van der Waals surface area (Å²) in [4.78, 5) is 23.8. The Hall–Kier alpha value is -2.55. The standard InChI is InChI=1S/C14H17N3O3/c1-10(7-8-13(18)19)16-14(20)17(2)12-6-4-3-5-11(12)9-15/h3-6,10H,7-8H2,1-2H3,(H,16,20)(H,18,19). The maximum atomic E-state index is 12.0. The van der Waals surface area contributed by atoms with Crippen molar-refractivity contribution in [3.8, 4) is 6.07 Å². The maximum Gasteiger partial charge on any atom is 0.321 e. The number of para-hydroxylation sites is 1. The van der Waals surface area contributed by atoms with E-state index in [2.05, 4.69) is 5.32 Å². The molecule has 0 spiro atoms. The molecule has 6 heteroatoms. The topological polar surface area (TPSA) is 93.4 Å². The third-order valence-electron chi connectivity index (χ3n) is 2.85. The van der Waals surface area contributed by atoms with E-state index >= 15 is 0 Å². The minimum Gasteiger partial charge on any atom is -0.481 e. The molecule has 0 bridgehead atoms. The van der Waals surface area contributed by atoms with Crippen LogP contribution < -0.4 is 10.2 Å². The van der Waals surface area contributed by atoms with Crippen molar-refractivity contribution < 1.29 is 14.7 Å². The van der Waals surface area contributed by atoms with Crippen LogP contribution in [0.1, 0.15) is 25.3 Å². The Bertz CT molecular complexity index is 537. The molecule has 106 valence electrons. The van der Waals surface area contributed by atoms with Crippen LogP contribution in [0.25, 0.3) is 0 Å². The smallest absolute Gasteiger partial charge is 0.321 e. The highest BCUT2D eigenvalue weighted by Crippen LogP contribution is 2.18. The number of carboxylic acid groups (broad SMARTS) is 1. The highest BCUT2D eigenvalue weighted by molar-refractivity contribution is 5.93. The lowest BCUT2D eigenvalue weighted by Gasteiger charge is -2.22. The van der Waals surface area contributed by atoms with Gasteiger partial charge in [-0.05, 0) is 25.5 Å². The second-order valence-electron chi connectivity index (χ2n) is 4.47. The number of benzene rings is 1. The van der Waals surface area contributed by atoms with Crippen LogP contribution >= 0.6 is 0 Å². The average molecular weight is 275 g/mol. The van der Waals surface area contributed by atoms with Gasteiger partial charge < -0.3 is 10.4 Å². The van der Waals surface area contributed by atoms with Crippen LogP contribution in [0.15, 0.2) is 24.3 Å². The first kappa shape index (κ1) is 15.5. The van der Waals surface area contributed by atoms with Gasteiger partial charge in [0.15, 0.2) is 0 Å². The van der Waals surface area contributed by atoms with E-state index in [0.717, 1.165) is 0 Å². The van der Waals surface area contributed by atoms with E-state index in [1.807, 2.05) is 6.07 Å². The van der Waals surface area contributed by atoms with Gasteiger partial charge in [-0.1, -0.05) is 12.1 Å². The predicted molar refractivity (Wildman–Crippen MR) is 74.4 cm³/mol. The lowest BCUT2D eigenvalue weighted by molar-refractivity contribution is -0.137. The Labute approximate surface area is 117 Å². The van der Waals surface area contributed by atoms with Crippen LogP contribution in [0, 0.1) is 11.3 Å². The van der Waals surface area contributed by atoms with Crippen molar-refractivity contribution in [1.29, 1.82) is 5.26 Å². The number of urea groups is 1. The molecule has 0 aliphatic rings. The van der Waals surface area contributed by atoms with Crippen LogP contribution in [-0.2, 0) is 4.79 Å². The van der Waals surface area contributed by atoms with Crippen molar-refractivity contribution in [2.45, 2.75) is 25.8 Å². The Kier molecular flexibility index (Phi) is 5.54. The summed E-state index contributed by atoms with van der Waals surface area (Å²) >= 11 is 0. The number of amides is 2. The third-order valence-corrected chi connectivity index (χ3v) is 2.85. The molecule has 6 nitrogen and oxygen atoms in total. The molecule has 0 fully saturated rings. The number of hydrogen-bond donors (Lipinski definition) is 2. The summed E-state index contributed by atoms with van der Waals surface area (Å²) in [5.41, 5.74) is 0.918. The molecule has 1 atom stereocenters. The predicted octanol–water partition coefficient (Wildman–Crippen LogP) is 1.96. The van der Waals surface area contributed by atoms with Crippen molar-refractivity contribution in [3.05, 3.63) is 29.8 Å². The third kappa shape index (κ3) is 4.28. The van der Waals surface area contributed by atoms with Crippen LogP contribution in [0.2, 0.25) is 0 Å². The fraction of sp³-hybridized carbons (Fsp3) is 0.357. The Morgan fingerprint density at radius 1 is 1.45 bits per heavy atom. The van der Waals surface area contributed by atoms with E-state index in [0.29, 0.717) is 17.7 Å². The fourth-order valence-corrected chi connectivity index (χ4v) is 1.69. The molecule has 0 aromatic heterocycles. The molecule has 1 aromatic carbocycles. The number of nitrogens with one attached hydrogen (secondary N) is 1. The SMILES string of the molecule is CC(CCC(=O)O)NC(=O)N(C)c1ccccc1C#N. The Morgan fingerprint density at radius 2 is 2.10 bits per heavy atom. The van der Waals surface area contributed by atoms with Crippen molar-refractivity contribution in [2.24, 2.45) is 0 Å². The average Bonchev–Trinajstić information content (AvgIpc) is 2.44. The molecule has 20 heavy (non-hydrogen) atoms. The zero-order valence-corrected chi connectivity index (χ0v) is 11.5. The summed E-state index contributed by atoms with van der Waals surface area (Å²) in [5.74, 6) is -0.894. The molecule has 1 rings (SSSR count). The highest BCUT2D eigenvalue weighted by atomic mass is 16.4. The zero-order chi connectivity index (χ0) is 15.1. The van der Waals surface area contributed by atoms with E-state index in [-0.39, 0.29) is 18.5 Å². The molecule has 2 N–H and O–H groups in total. The lowest BCUT2D eigenvalue weighted by Crippen LogP contribution is -2.42. The number of rotatable bonds is 5. The van der Waals surface area contributed by atoms with E-state index in [1.54, 1.807) is 38.2 Å². The van der Waals surface area contributed by atoms with Crippen molar-refractivity contribution in [1.82, 2.24) is 5.32 Å². The minimum atomic E-state index is -0.894. The van der Waals surface area contributed by atoms with Crippen LogP contribution in [0.3, 0.4) is 0 Å². The first-order valence-electron chi connectivity index (χ1n) is 6.21. The van der Waals surface area contributed by atoms with Gasteiger partial charge in [0.25, 0.3) is 0 Å². The molecule has 1 aromatic rings. The highest BCUT2D eigenvalue weighted by Gasteiger charge is 2.16. The van der Waals surface area contributed by atoms with Crippen LogP contribution in [0.5, 0.6) is 0 Å². The van der Waals surface area contributed by atoms with Gasteiger partial charge >= 0.3 is 12.0 Å². The second kappa shape index (κ2) is 7.14. The van der Waals surface area contributed by atoms with Crippen LogP contribution in [-0.4, -0.2) is 30.2 Å². The number of aliphatic carboxylic acids is 1. The van der Waals surface area contributed by atoms with Gasteiger partial charge in [0.2, 0.25) is 0 Å². The molecule has 0 radical (unpaired) electrons. The summed E-state index contributed by atoms with van der Waals surface area (Å²) in [6, 6.07) is 8.18. The van der Waals surface area contributed by atoms with Gasteiger partial charge in [-0.2, -0.15) is 5.26 Å². The maximum absolute atomic E-state index is 12.0. The van der Waals surface area contributed by atoms with E-state index in [4.69, 9.17) is 10.4 Å². The first-order valence-corrected chi connectivity index (χ1v) is 6.21. The van der Waals surface area contributed by atoms with Gasteiger partial charge in [0.05, 0.1) is 11.3 Å². The second-order valence-corrected chi connectivity index (χ2v) is 4.47. The molecular formula is C14H17N3O3. The summed E-state index contributed by atoms with van der Waals surface area (Å²) < 4.78 is 0. The van der Waals surface area contributed by atoms with E-state index < -0.39 is 5.97 Å². The summed E-state index contributed by atoms with van der Waals surface area (Å²) in [6.45, 7) is 1.74. The number of carbonyl (C=O) groups excluding carboxylic acids is 1. The molecule has 0 aliphatic heterocycles. The van der Waals surface area contributed by atoms with Crippen molar-refractivity contribution in [2.75, 3.05) is 11.9 Å². The molecule has 0 saturated carbocycles. The van der Waals surface area contributed by atoms with Gasteiger partial charge in [0.1, 0.15) is 6.07 Å². The fourth-order valence-electron chi connectivity index (χ4n) is 1.69.